The van der Waals surface area contributed by atoms with E-state index >= 15 is 0 Å². The van der Waals surface area contributed by atoms with Gasteiger partial charge in [0.25, 0.3) is 0 Å². The predicted molar refractivity (Wildman–Crippen MR) is 75.6 cm³/mol. The molecule has 5 nitrogen and oxygen atoms in total. The van der Waals surface area contributed by atoms with Crippen molar-refractivity contribution in [2.24, 2.45) is 11.7 Å². The van der Waals surface area contributed by atoms with Crippen molar-refractivity contribution in [3.05, 3.63) is 0 Å². The maximum atomic E-state index is 11.8. The number of carbonyl (C=O) groups excluding carboxylic acids is 2. The third-order valence-corrected chi connectivity index (χ3v) is 2.25. The summed E-state index contributed by atoms with van der Waals surface area (Å²) in [5.74, 6) is 0.0250. The summed E-state index contributed by atoms with van der Waals surface area (Å²) >= 11 is 0. The Kier molecular flexibility index (Phi) is 9.94. The van der Waals surface area contributed by atoms with E-state index < -0.39 is 6.04 Å². The van der Waals surface area contributed by atoms with Gasteiger partial charge in [-0.3, -0.25) is 9.59 Å². The van der Waals surface area contributed by atoms with Crippen LogP contribution in [-0.4, -0.2) is 42.4 Å². The number of halogens is 1. The van der Waals surface area contributed by atoms with Gasteiger partial charge in [-0.1, -0.05) is 13.8 Å². The van der Waals surface area contributed by atoms with Crippen LogP contribution in [-0.2, 0) is 9.59 Å². The van der Waals surface area contributed by atoms with E-state index in [1.165, 1.54) is 4.90 Å². The quantitative estimate of drug-likeness (QED) is 0.754. The van der Waals surface area contributed by atoms with Crippen LogP contribution < -0.4 is 11.1 Å². The van der Waals surface area contributed by atoms with Crippen molar-refractivity contribution in [1.82, 2.24) is 10.2 Å². The van der Waals surface area contributed by atoms with Crippen molar-refractivity contribution in [3.63, 3.8) is 0 Å². The molecule has 0 aliphatic heterocycles. The van der Waals surface area contributed by atoms with Gasteiger partial charge in [0, 0.05) is 13.1 Å². The Balaban J connectivity index is 0. The first-order chi connectivity index (χ1) is 7.73. The Morgan fingerprint density at radius 1 is 1.22 bits per heavy atom. The largest absolute Gasteiger partial charge is 0.352 e. The Hall–Kier alpha value is -0.810. The van der Waals surface area contributed by atoms with E-state index in [-0.39, 0.29) is 36.8 Å². The van der Waals surface area contributed by atoms with E-state index in [4.69, 9.17) is 5.73 Å². The first-order valence-corrected chi connectivity index (χ1v) is 6.04. The fourth-order valence-corrected chi connectivity index (χ4v) is 1.55. The van der Waals surface area contributed by atoms with E-state index in [1.807, 2.05) is 27.7 Å². The van der Waals surface area contributed by atoms with Crippen molar-refractivity contribution in [2.45, 2.75) is 46.2 Å². The highest BCUT2D eigenvalue weighted by Gasteiger charge is 2.20. The number of carbonyl (C=O) groups is 2. The van der Waals surface area contributed by atoms with E-state index in [1.54, 1.807) is 7.05 Å². The monoisotopic (exact) mass is 279 g/mol. The Labute approximate surface area is 116 Å². The molecule has 1 atom stereocenters. The van der Waals surface area contributed by atoms with Gasteiger partial charge in [0.05, 0.1) is 12.6 Å². The minimum atomic E-state index is -0.521. The number of nitrogens with one attached hydrogen (secondary N) is 1. The highest BCUT2D eigenvalue weighted by molar-refractivity contribution is 5.87. The molecular weight excluding hydrogens is 254 g/mol. The molecule has 0 unspecified atom stereocenters. The van der Waals surface area contributed by atoms with Crippen LogP contribution in [0, 0.1) is 5.92 Å². The van der Waals surface area contributed by atoms with Gasteiger partial charge in [0.2, 0.25) is 11.8 Å². The van der Waals surface area contributed by atoms with Gasteiger partial charge in [-0.05, 0) is 26.2 Å². The minimum Gasteiger partial charge on any atom is -0.352 e. The summed E-state index contributed by atoms with van der Waals surface area (Å²) in [4.78, 5) is 24.7. The topological polar surface area (TPSA) is 75.4 Å². The second kappa shape index (κ2) is 9.16. The normalized spacial score (nSPS) is 12.0. The summed E-state index contributed by atoms with van der Waals surface area (Å²) in [6.07, 6.45) is 0.634. The number of nitrogens with two attached hydrogens (primary N) is 1. The molecule has 0 saturated heterocycles. The number of hydrogen-bond acceptors (Lipinski definition) is 3. The van der Waals surface area contributed by atoms with Crippen LogP contribution >= 0.6 is 12.4 Å². The molecule has 0 aliphatic carbocycles. The smallest absolute Gasteiger partial charge is 0.239 e. The molecule has 0 aromatic carbocycles. The van der Waals surface area contributed by atoms with Crippen molar-refractivity contribution in [1.29, 1.82) is 0 Å². The van der Waals surface area contributed by atoms with Gasteiger partial charge in [-0.15, -0.1) is 12.4 Å². The van der Waals surface area contributed by atoms with Gasteiger partial charge in [-0.25, -0.2) is 0 Å². The second-order valence-corrected chi connectivity index (χ2v) is 5.15. The lowest BCUT2D eigenvalue weighted by Gasteiger charge is -2.22. The number of hydrogen-bond donors (Lipinski definition) is 2. The molecule has 0 heterocycles. The van der Waals surface area contributed by atoms with Crippen LogP contribution in [0.25, 0.3) is 0 Å². The van der Waals surface area contributed by atoms with Crippen molar-refractivity contribution in [2.75, 3.05) is 13.6 Å². The van der Waals surface area contributed by atoms with E-state index in [0.29, 0.717) is 12.3 Å². The molecule has 6 heteroatoms. The lowest BCUT2D eigenvalue weighted by molar-refractivity contribution is -0.136. The number of likely N-dealkylation sites (N-methyl/N-ethyl adjacent to an activating group) is 1. The highest BCUT2D eigenvalue weighted by Crippen LogP contribution is 2.04. The van der Waals surface area contributed by atoms with Gasteiger partial charge in [0.1, 0.15) is 0 Å². The molecule has 0 bridgehead atoms. The van der Waals surface area contributed by atoms with Gasteiger partial charge < -0.3 is 16.0 Å². The van der Waals surface area contributed by atoms with Crippen molar-refractivity contribution >= 4 is 24.2 Å². The highest BCUT2D eigenvalue weighted by atomic mass is 35.5. The zero-order valence-corrected chi connectivity index (χ0v) is 12.7. The molecule has 108 valence electrons. The lowest BCUT2D eigenvalue weighted by atomic mass is 10.0. The van der Waals surface area contributed by atoms with Crippen LogP contribution in [0.4, 0.5) is 0 Å². The summed E-state index contributed by atoms with van der Waals surface area (Å²) in [7, 11) is 1.60. The van der Waals surface area contributed by atoms with Crippen LogP contribution in [0.3, 0.4) is 0 Å². The Morgan fingerprint density at radius 2 is 1.72 bits per heavy atom. The van der Waals surface area contributed by atoms with Crippen LogP contribution in [0.15, 0.2) is 0 Å². The molecule has 2 amide bonds. The zero-order chi connectivity index (χ0) is 13.6. The molecule has 0 radical (unpaired) electrons. The average Bonchev–Trinajstić information content (AvgIpc) is 2.13. The fourth-order valence-electron chi connectivity index (χ4n) is 1.55. The molecule has 0 saturated carbocycles. The summed E-state index contributed by atoms with van der Waals surface area (Å²) in [6, 6.07) is -0.442. The third kappa shape index (κ3) is 8.31. The molecule has 18 heavy (non-hydrogen) atoms. The van der Waals surface area contributed by atoms with E-state index in [9.17, 15) is 9.59 Å². The summed E-state index contributed by atoms with van der Waals surface area (Å²) < 4.78 is 0. The predicted octanol–water partition coefficient (Wildman–Crippen LogP) is 0.765. The molecule has 0 rings (SSSR count). The van der Waals surface area contributed by atoms with Crippen molar-refractivity contribution < 1.29 is 9.59 Å². The number of rotatable bonds is 6. The van der Waals surface area contributed by atoms with E-state index in [0.717, 1.165) is 0 Å². The summed E-state index contributed by atoms with van der Waals surface area (Å²) in [6.45, 7) is 7.84. The number of amides is 2. The standard InChI is InChI=1S/C12H25N3O2.ClH/c1-8(2)6-10(13)12(17)15(5)7-11(16)14-9(3)4;/h8-10H,6-7,13H2,1-5H3,(H,14,16);1H/t10-;/m0./s1. The second-order valence-electron chi connectivity index (χ2n) is 5.15. The molecule has 0 spiro atoms. The molecule has 0 aliphatic rings. The van der Waals surface area contributed by atoms with Crippen LogP contribution in [0.2, 0.25) is 0 Å². The first-order valence-electron chi connectivity index (χ1n) is 6.04. The summed E-state index contributed by atoms with van der Waals surface area (Å²) in [5, 5.41) is 2.73. The molecule has 0 aromatic heterocycles. The maximum absolute atomic E-state index is 11.8. The lowest BCUT2D eigenvalue weighted by Crippen LogP contribution is -2.47. The third-order valence-electron chi connectivity index (χ3n) is 2.25. The Morgan fingerprint density at radius 3 is 2.11 bits per heavy atom. The average molecular weight is 280 g/mol. The molecule has 0 fully saturated rings. The number of nitrogens with zero attached hydrogens (tertiary/aromatic N) is 1. The summed E-state index contributed by atoms with van der Waals surface area (Å²) in [5.41, 5.74) is 5.77. The van der Waals surface area contributed by atoms with Gasteiger partial charge >= 0.3 is 0 Å². The first kappa shape index (κ1) is 19.5. The molecule has 3 N–H and O–H groups in total. The Bertz CT molecular complexity index is 270. The molecular formula is C12H26ClN3O2. The van der Waals surface area contributed by atoms with Crippen molar-refractivity contribution in [3.8, 4) is 0 Å². The van der Waals surface area contributed by atoms with Gasteiger partial charge in [0.15, 0.2) is 0 Å². The van der Waals surface area contributed by atoms with Crippen LogP contribution in [0.1, 0.15) is 34.1 Å². The molecule has 0 aromatic rings. The van der Waals surface area contributed by atoms with Crippen LogP contribution in [0.5, 0.6) is 0 Å². The fraction of sp³-hybridized carbons (Fsp3) is 0.833. The zero-order valence-electron chi connectivity index (χ0n) is 11.9. The van der Waals surface area contributed by atoms with E-state index in [2.05, 4.69) is 5.32 Å². The minimum absolute atomic E-state index is 0. The SMILES string of the molecule is CC(C)C[C@H](N)C(=O)N(C)CC(=O)NC(C)C.Cl. The van der Waals surface area contributed by atoms with Gasteiger partial charge in [-0.2, -0.15) is 0 Å². The maximum Gasteiger partial charge on any atom is 0.239 e.